The first-order valence-corrected chi connectivity index (χ1v) is 14.4. The zero-order valence-electron chi connectivity index (χ0n) is 24.1. The molecule has 9 nitrogen and oxygen atoms in total. The molecule has 0 radical (unpaired) electrons. The number of aryl methyl sites for hydroxylation is 2. The molecule has 4 aromatic rings. The number of nitrogens with zero attached hydrogens (tertiary/aromatic N) is 2. The van der Waals surface area contributed by atoms with Crippen molar-refractivity contribution >= 4 is 39.9 Å². The standard InChI is InChI=1S/C33H30N2O7S/c1-5-41-24-14-11-22(12-15-24)27-26(29(37)31(38)35(27)33-34-20(3)30(43-33)32(39)40-4)28(36)23-13-16-25(19(2)17-23)42-18-21-9-7-6-8-10-21/h6-17,27,36H,5,18H2,1-4H3/t27-/m1/s1. The van der Waals surface area contributed by atoms with Gasteiger partial charge in [-0.1, -0.05) is 53.8 Å². The fraction of sp³-hybridized carbons (Fsp3) is 0.212. The van der Waals surface area contributed by atoms with Gasteiger partial charge in [-0.05, 0) is 67.8 Å². The number of carbonyl (C=O) groups is 3. The van der Waals surface area contributed by atoms with E-state index >= 15 is 0 Å². The molecule has 2 heterocycles. The molecule has 0 spiro atoms. The average Bonchev–Trinajstić information content (AvgIpc) is 3.52. The second-order valence-corrected chi connectivity index (χ2v) is 10.8. The third-order valence-electron chi connectivity index (χ3n) is 7.00. The molecule has 43 heavy (non-hydrogen) atoms. The number of aromatic nitrogens is 1. The minimum absolute atomic E-state index is 0.0982. The molecule has 3 aromatic carbocycles. The molecule has 0 saturated carbocycles. The van der Waals surface area contributed by atoms with Gasteiger partial charge in [0.1, 0.15) is 28.7 Å². The largest absolute Gasteiger partial charge is 0.507 e. The van der Waals surface area contributed by atoms with Crippen molar-refractivity contribution in [3.8, 4) is 11.5 Å². The molecule has 10 heteroatoms. The summed E-state index contributed by atoms with van der Waals surface area (Å²) < 4.78 is 16.4. The molecular formula is C33H30N2O7S. The lowest BCUT2D eigenvalue weighted by Crippen LogP contribution is -2.29. The summed E-state index contributed by atoms with van der Waals surface area (Å²) in [6.07, 6.45) is 0. The van der Waals surface area contributed by atoms with E-state index in [4.69, 9.17) is 14.2 Å². The predicted octanol–water partition coefficient (Wildman–Crippen LogP) is 6.15. The van der Waals surface area contributed by atoms with Crippen LogP contribution in [-0.2, 0) is 20.9 Å². The quantitative estimate of drug-likeness (QED) is 0.106. The SMILES string of the molecule is CCOc1ccc([C@@H]2C(=C(O)c3ccc(OCc4ccccc4)c(C)c3)C(=O)C(=O)N2c2nc(C)c(C(=O)OC)s2)cc1. The highest BCUT2D eigenvalue weighted by Crippen LogP contribution is 2.44. The highest BCUT2D eigenvalue weighted by atomic mass is 32.1. The van der Waals surface area contributed by atoms with Gasteiger partial charge < -0.3 is 19.3 Å². The molecule has 1 saturated heterocycles. The molecule has 1 aliphatic rings. The number of ketones is 1. The fourth-order valence-corrected chi connectivity index (χ4v) is 5.89. The van der Waals surface area contributed by atoms with E-state index < -0.39 is 23.7 Å². The van der Waals surface area contributed by atoms with Gasteiger partial charge in [0, 0.05) is 5.56 Å². The molecule has 5 rings (SSSR count). The average molecular weight is 599 g/mol. The van der Waals surface area contributed by atoms with Gasteiger partial charge in [-0.25, -0.2) is 9.78 Å². The highest BCUT2D eigenvalue weighted by molar-refractivity contribution is 7.17. The second-order valence-electron chi connectivity index (χ2n) is 9.83. The van der Waals surface area contributed by atoms with E-state index in [0.29, 0.717) is 41.5 Å². The molecule has 1 aliphatic heterocycles. The van der Waals surface area contributed by atoms with Gasteiger partial charge in [-0.3, -0.25) is 14.5 Å². The Bertz CT molecular complexity index is 1710. The first-order valence-electron chi connectivity index (χ1n) is 13.6. The Morgan fingerprint density at radius 2 is 1.72 bits per heavy atom. The van der Waals surface area contributed by atoms with Crippen LogP contribution in [0, 0.1) is 13.8 Å². The number of carbonyl (C=O) groups excluding carboxylic acids is 3. The van der Waals surface area contributed by atoms with Crippen LogP contribution >= 0.6 is 11.3 Å². The number of rotatable bonds is 9. The van der Waals surface area contributed by atoms with Crippen LogP contribution in [0.1, 0.15) is 50.6 Å². The summed E-state index contributed by atoms with van der Waals surface area (Å²) >= 11 is 0.944. The maximum atomic E-state index is 13.6. The summed E-state index contributed by atoms with van der Waals surface area (Å²) in [7, 11) is 1.26. The van der Waals surface area contributed by atoms with Gasteiger partial charge in [0.2, 0.25) is 0 Å². The third-order valence-corrected chi connectivity index (χ3v) is 8.14. The van der Waals surface area contributed by atoms with Crippen molar-refractivity contribution in [1.29, 1.82) is 0 Å². The Labute approximate surface area is 253 Å². The number of esters is 1. The number of hydrogen-bond donors (Lipinski definition) is 1. The van der Waals surface area contributed by atoms with Gasteiger partial charge in [-0.2, -0.15) is 0 Å². The van der Waals surface area contributed by atoms with Crippen LogP contribution in [-0.4, -0.2) is 41.5 Å². The third kappa shape index (κ3) is 5.87. The van der Waals surface area contributed by atoms with E-state index in [0.717, 1.165) is 22.5 Å². The number of methoxy groups -OCH3 is 1. The van der Waals surface area contributed by atoms with Crippen LogP contribution in [0.15, 0.2) is 78.4 Å². The molecule has 1 fully saturated rings. The van der Waals surface area contributed by atoms with Crippen LogP contribution < -0.4 is 14.4 Å². The van der Waals surface area contributed by atoms with Gasteiger partial charge in [0.15, 0.2) is 5.13 Å². The number of benzene rings is 3. The van der Waals surface area contributed by atoms with Crippen LogP contribution in [0.4, 0.5) is 5.13 Å². The van der Waals surface area contributed by atoms with Gasteiger partial charge >= 0.3 is 11.9 Å². The Morgan fingerprint density at radius 3 is 2.37 bits per heavy atom. The normalized spacial score (nSPS) is 15.9. The molecule has 1 aromatic heterocycles. The lowest BCUT2D eigenvalue weighted by molar-refractivity contribution is -0.132. The van der Waals surface area contributed by atoms with Crippen LogP contribution in [0.25, 0.3) is 5.76 Å². The van der Waals surface area contributed by atoms with Crippen molar-refractivity contribution in [3.63, 3.8) is 0 Å². The summed E-state index contributed by atoms with van der Waals surface area (Å²) in [5, 5.41) is 11.7. The Morgan fingerprint density at radius 1 is 1.00 bits per heavy atom. The summed E-state index contributed by atoms with van der Waals surface area (Å²) in [6, 6.07) is 20.7. The second kappa shape index (κ2) is 12.5. The van der Waals surface area contributed by atoms with Gasteiger partial charge in [-0.15, -0.1) is 0 Å². The minimum atomic E-state index is -1.01. The molecule has 0 bridgehead atoms. The van der Waals surface area contributed by atoms with E-state index in [1.54, 1.807) is 49.4 Å². The smallest absolute Gasteiger partial charge is 0.350 e. The minimum Gasteiger partial charge on any atom is -0.507 e. The lowest BCUT2D eigenvalue weighted by Gasteiger charge is -2.23. The van der Waals surface area contributed by atoms with E-state index in [2.05, 4.69) is 4.98 Å². The van der Waals surface area contributed by atoms with Crippen LogP contribution in [0.3, 0.4) is 0 Å². The zero-order chi connectivity index (χ0) is 30.7. The molecule has 1 amide bonds. The molecular weight excluding hydrogens is 568 g/mol. The van der Waals surface area contributed by atoms with E-state index in [1.165, 1.54) is 12.0 Å². The maximum absolute atomic E-state index is 13.6. The Hall–Kier alpha value is -4.96. The number of amides is 1. The number of aliphatic hydroxyl groups is 1. The topological polar surface area (TPSA) is 115 Å². The number of Topliss-reactive ketones (excluding diaryl/α,β-unsaturated/α-hetero) is 1. The van der Waals surface area contributed by atoms with Gasteiger partial charge in [0.05, 0.1) is 31.0 Å². The monoisotopic (exact) mass is 598 g/mol. The van der Waals surface area contributed by atoms with Crippen molar-refractivity contribution in [2.75, 3.05) is 18.6 Å². The Kier molecular flexibility index (Phi) is 8.58. The first-order chi connectivity index (χ1) is 20.7. The summed E-state index contributed by atoms with van der Waals surface area (Å²) in [4.78, 5) is 45.3. The maximum Gasteiger partial charge on any atom is 0.350 e. The van der Waals surface area contributed by atoms with E-state index in [1.807, 2.05) is 44.2 Å². The zero-order valence-corrected chi connectivity index (χ0v) is 24.9. The highest BCUT2D eigenvalue weighted by Gasteiger charge is 2.48. The van der Waals surface area contributed by atoms with Crippen LogP contribution in [0.2, 0.25) is 0 Å². The van der Waals surface area contributed by atoms with Crippen molar-refractivity contribution in [2.24, 2.45) is 0 Å². The summed E-state index contributed by atoms with van der Waals surface area (Å²) in [5.41, 5.74) is 2.92. The number of ether oxygens (including phenoxy) is 3. The lowest BCUT2D eigenvalue weighted by atomic mass is 9.95. The number of hydrogen-bond acceptors (Lipinski definition) is 9. The van der Waals surface area contributed by atoms with Crippen molar-refractivity contribution in [2.45, 2.75) is 33.4 Å². The van der Waals surface area contributed by atoms with Crippen molar-refractivity contribution in [1.82, 2.24) is 4.98 Å². The molecule has 1 N–H and O–H groups in total. The van der Waals surface area contributed by atoms with E-state index in [9.17, 15) is 19.5 Å². The first kappa shape index (κ1) is 29.5. The fourth-order valence-electron chi connectivity index (χ4n) is 4.88. The Balaban J connectivity index is 1.57. The van der Waals surface area contributed by atoms with Crippen LogP contribution in [0.5, 0.6) is 11.5 Å². The summed E-state index contributed by atoms with van der Waals surface area (Å²) in [6.45, 7) is 6.17. The van der Waals surface area contributed by atoms with Gasteiger partial charge in [0.25, 0.3) is 5.78 Å². The number of anilines is 1. The predicted molar refractivity (Wildman–Crippen MR) is 163 cm³/mol. The van der Waals surface area contributed by atoms with Crippen molar-refractivity contribution in [3.05, 3.63) is 111 Å². The van der Waals surface area contributed by atoms with E-state index in [-0.39, 0.29) is 21.3 Å². The number of thiazole rings is 1. The summed E-state index contributed by atoms with van der Waals surface area (Å²) in [5.74, 6) is -1.43. The molecule has 220 valence electrons. The number of aliphatic hydroxyl groups excluding tert-OH is 1. The van der Waals surface area contributed by atoms with Crippen molar-refractivity contribution < 1.29 is 33.7 Å². The molecule has 1 atom stereocenters. The molecule has 0 unspecified atom stereocenters. The molecule has 0 aliphatic carbocycles.